The first-order chi connectivity index (χ1) is 16.8. The molecule has 35 heavy (non-hydrogen) atoms. The summed E-state index contributed by atoms with van der Waals surface area (Å²) in [7, 11) is 2.64. The van der Waals surface area contributed by atoms with E-state index in [-0.39, 0.29) is 11.7 Å². The molecule has 4 N–H and O–H groups in total. The van der Waals surface area contributed by atoms with Crippen molar-refractivity contribution < 1.29 is 24.7 Å². The fourth-order valence-electron chi connectivity index (χ4n) is 3.86. The molecule has 0 aliphatic carbocycles. The van der Waals surface area contributed by atoms with Gasteiger partial charge in [-0.1, -0.05) is 24.0 Å². The molecular weight excluding hydrogens is 448 g/mol. The SMILES string of the molecule is CNC(=O)C(C(=O)NO)N(C)C(=O)c1ccc(C#Cc2ccc(CN3CCC(O)CC3)cc2)cc1. The van der Waals surface area contributed by atoms with Crippen molar-refractivity contribution in [3.63, 3.8) is 0 Å². The van der Waals surface area contributed by atoms with Crippen LogP contribution in [0.3, 0.4) is 0 Å². The molecule has 9 heteroatoms. The molecule has 0 radical (unpaired) electrons. The standard InChI is InChI=1S/C26H30N4O5/c1-27-24(32)23(25(33)28-35)29(2)26(34)21-11-9-19(10-12-21)4-3-18-5-7-20(8-6-18)17-30-15-13-22(31)14-16-30/h5-12,22-23,31,35H,13-17H2,1-2H3,(H,27,32)(H,28,33). The maximum atomic E-state index is 12.7. The number of hydroxylamine groups is 1. The Balaban J connectivity index is 1.62. The second kappa shape index (κ2) is 12.1. The van der Waals surface area contributed by atoms with Crippen LogP contribution in [0.4, 0.5) is 0 Å². The number of nitrogens with one attached hydrogen (secondary N) is 2. The number of hydrogen-bond acceptors (Lipinski definition) is 6. The van der Waals surface area contributed by atoms with Gasteiger partial charge in [0.2, 0.25) is 0 Å². The first-order valence-electron chi connectivity index (χ1n) is 11.4. The van der Waals surface area contributed by atoms with Gasteiger partial charge in [0.1, 0.15) is 0 Å². The zero-order chi connectivity index (χ0) is 25.4. The van der Waals surface area contributed by atoms with E-state index in [9.17, 15) is 19.5 Å². The lowest BCUT2D eigenvalue weighted by atomic mass is 10.1. The van der Waals surface area contributed by atoms with Gasteiger partial charge >= 0.3 is 0 Å². The molecular formula is C26H30N4O5. The maximum Gasteiger partial charge on any atom is 0.275 e. The molecule has 3 amide bonds. The first kappa shape index (κ1) is 25.9. The van der Waals surface area contributed by atoms with Crippen LogP contribution in [-0.4, -0.2) is 77.2 Å². The highest BCUT2D eigenvalue weighted by atomic mass is 16.5. The number of likely N-dealkylation sites (N-methyl/N-ethyl adjacent to an activating group) is 2. The Bertz CT molecular complexity index is 1080. The number of likely N-dealkylation sites (tertiary alicyclic amines) is 1. The Hall–Kier alpha value is -3.71. The Morgan fingerprint density at radius 1 is 1.00 bits per heavy atom. The summed E-state index contributed by atoms with van der Waals surface area (Å²) < 4.78 is 0. The fraction of sp³-hybridized carbons (Fsp3) is 0.346. The van der Waals surface area contributed by atoms with Gasteiger partial charge in [0.05, 0.1) is 6.10 Å². The summed E-state index contributed by atoms with van der Waals surface area (Å²) in [5.41, 5.74) is 4.45. The van der Waals surface area contributed by atoms with Crippen LogP contribution >= 0.6 is 0 Å². The Morgan fingerprint density at radius 2 is 1.54 bits per heavy atom. The van der Waals surface area contributed by atoms with Crippen LogP contribution in [-0.2, 0) is 16.1 Å². The summed E-state index contributed by atoms with van der Waals surface area (Å²) in [6.07, 6.45) is 1.46. The minimum absolute atomic E-state index is 0.177. The van der Waals surface area contributed by atoms with Gasteiger partial charge in [-0.25, -0.2) is 5.48 Å². The van der Waals surface area contributed by atoms with Crippen LogP contribution < -0.4 is 10.8 Å². The number of carbonyl (C=O) groups is 3. The lowest BCUT2D eigenvalue weighted by Gasteiger charge is -2.29. The molecule has 1 heterocycles. The zero-order valence-electron chi connectivity index (χ0n) is 19.8. The topological polar surface area (TPSA) is 122 Å². The van der Waals surface area contributed by atoms with Gasteiger partial charge < -0.3 is 15.3 Å². The molecule has 9 nitrogen and oxygen atoms in total. The third kappa shape index (κ3) is 6.90. The van der Waals surface area contributed by atoms with Gasteiger partial charge in [-0.3, -0.25) is 24.5 Å². The quantitative estimate of drug-likeness (QED) is 0.210. The molecule has 1 aliphatic heterocycles. The van der Waals surface area contributed by atoms with E-state index in [1.165, 1.54) is 25.1 Å². The van der Waals surface area contributed by atoms with E-state index in [1.54, 1.807) is 24.3 Å². The van der Waals surface area contributed by atoms with Crippen LogP contribution in [0.5, 0.6) is 0 Å². The molecule has 0 aromatic heterocycles. The molecule has 3 rings (SSSR count). The number of piperidine rings is 1. The van der Waals surface area contributed by atoms with Crippen LogP contribution in [0.2, 0.25) is 0 Å². The minimum Gasteiger partial charge on any atom is -0.393 e. The number of amides is 3. The van der Waals surface area contributed by atoms with E-state index < -0.39 is 23.8 Å². The van der Waals surface area contributed by atoms with Crippen molar-refractivity contribution in [1.29, 1.82) is 0 Å². The lowest BCUT2D eigenvalue weighted by Crippen LogP contribution is -2.54. The molecule has 2 aromatic rings. The van der Waals surface area contributed by atoms with Crippen molar-refractivity contribution >= 4 is 17.7 Å². The van der Waals surface area contributed by atoms with E-state index >= 15 is 0 Å². The third-order valence-corrected chi connectivity index (χ3v) is 5.96. The maximum absolute atomic E-state index is 12.7. The van der Waals surface area contributed by atoms with Crippen molar-refractivity contribution in [3.8, 4) is 11.8 Å². The van der Waals surface area contributed by atoms with Gasteiger partial charge in [0, 0.05) is 50.4 Å². The van der Waals surface area contributed by atoms with Gasteiger partial charge in [0.25, 0.3) is 17.7 Å². The molecule has 1 atom stereocenters. The summed E-state index contributed by atoms with van der Waals surface area (Å²) in [5, 5.41) is 20.8. The average Bonchev–Trinajstić information content (AvgIpc) is 2.89. The van der Waals surface area contributed by atoms with Crippen molar-refractivity contribution in [2.75, 3.05) is 27.2 Å². The van der Waals surface area contributed by atoms with Crippen molar-refractivity contribution in [2.24, 2.45) is 0 Å². The molecule has 1 fully saturated rings. The van der Waals surface area contributed by atoms with Crippen molar-refractivity contribution in [3.05, 3.63) is 70.8 Å². The largest absolute Gasteiger partial charge is 0.393 e. The second-order valence-electron chi connectivity index (χ2n) is 8.44. The van der Waals surface area contributed by atoms with Crippen LogP contribution in [0.1, 0.15) is 39.9 Å². The number of hydrogen-bond donors (Lipinski definition) is 4. The van der Waals surface area contributed by atoms with Crippen molar-refractivity contribution in [2.45, 2.75) is 31.5 Å². The average molecular weight is 479 g/mol. The first-order valence-corrected chi connectivity index (χ1v) is 11.4. The summed E-state index contributed by atoms with van der Waals surface area (Å²) >= 11 is 0. The number of aliphatic hydroxyl groups excluding tert-OH is 1. The summed E-state index contributed by atoms with van der Waals surface area (Å²) in [6.45, 7) is 2.65. The van der Waals surface area contributed by atoms with E-state index in [1.807, 2.05) is 12.1 Å². The van der Waals surface area contributed by atoms with E-state index in [0.29, 0.717) is 5.56 Å². The molecule has 2 aromatic carbocycles. The smallest absolute Gasteiger partial charge is 0.275 e. The van der Waals surface area contributed by atoms with Crippen LogP contribution in [0, 0.1) is 11.8 Å². The number of rotatable bonds is 6. The Labute approximate surface area is 204 Å². The summed E-state index contributed by atoms with van der Waals surface area (Å²) in [4.78, 5) is 39.9. The highest BCUT2D eigenvalue weighted by molar-refractivity contribution is 6.08. The van der Waals surface area contributed by atoms with E-state index in [0.717, 1.165) is 42.9 Å². The number of aliphatic hydroxyl groups is 1. The lowest BCUT2D eigenvalue weighted by molar-refractivity contribution is -0.140. The number of benzene rings is 2. The molecule has 0 saturated carbocycles. The highest BCUT2D eigenvalue weighted by Crippen LogP contribution is 2.14. The Morgan fingerprint density at radius 3 is 2.06 bits per heavy atom. The van der Waals surface area contributed by atoms with Crippen molar-refractivity contribution in [1.82, 2.24) is 20.6 Å². The molecule has 1 unspecified atom stereocenters. The number of nitrogens with zero attached hydrogens (tertiary/aromatic N) is 2. The third-order valence-electron chi connectivity index (χ3n) is 5.96. The second-order valence-corrected chi connectivity index (χ2v) is 8.44. The Kier molecular flexibility index (Phi) is 8.98. The molecule has 184 valence electrons. The minimum atomic E-state index is -1.51. The molecule has 0 bridgehead atoms. The predicted octanol–water partition coefficient (Wildman–Crippen LogP) is 0.735. The van der Waals surface area contributed by atoms with Crippen LogP contribution in [0.25, 0.3) is 0 Å². The van der Waals surface area contributed by atoms with Crippen LogP contribution in [0.15, 0.2) is 48.5 Å². The molecule has 0 spiro atoms. The van der Waals surface area contributed by atoms with Gasteiger partial charge in [-0.2, -0.15) is 0 Å². The zero-order valence-corrected chi connectivity index (χ0v) is 19.8. The summed E-state index contributed by atoms with van der Waals surface area (Å²) in [6, 6.07) is 13.1. The normalized spacial score (nSPS) is 14.9. The molecule has 1 saturated heterocycles. The van der Waals surface area contributed by atoms with Gasteiger partial charge in [-0.15, -0.1) is 0 Å². The summed E-state index contributed by atoms with van der Waals surface area (Å²) in [5.74, 6) is 3.88. The fourth-order valence-corrected chi connectivity index (χ4v) is 3.86. The van der Waals surface area contributed by atoms with Gasteiger partial charge in [0.15, 0.2) is 6.04 Å². The van der Waals surface area contributed by atoms with Gasteiger partial charge in [-0.05, 0) is 54.8 Å². The predicted molar refractivity (Wildman–Crippen MR) is 129 cm³/mol. The molecule has 1 aliphatic rings. The van der Waals surface area contributed by atoms with E-state index in [4.69, 9.17) is 5.21 Å². The highest BCUT2D eigenvalue weighted by Gasteiger charge is 2.33. The van der Waals surface area contributed by atoms with E-state index in [2.05, 4.69) is 34.2 Å². The number of carbonyl (C=O) groups excluding carboxylic acids is 3. The monoisotopic (exact) mass is 478 g/mol.